The standard InChI is InChI=1S/C19H33BrN2O3Si/c1-14(9-10-23)12-21-18(24)22-17-11-16(20)8-7-15(17)13-25-26(5,6)19(2,3)4/h7-8,11,14,23H,9-10,12-13H2,1-6H3,(H2,21,22,24)/t14-/m1/s1. The lowest BCUT2D eigenvalue weighted by molar-refractivity contribution is 0.243. The van der Waals surface area contributed by atoms with E-state index in [0.29, 0.717) is 19.6 Å². The molecule has 1 aromatic carbocycles. The van der Waals surface area contributed by atoms with Gasteiger partial charge in [0.2, 0.25) is 0 Å². The van der Waals surface area contributed by atoms with Gasteiger partial charge in [-0.15, -0.1) is 0 Å². The molecule has 0 aromatic heterocycles. The SMILES string of the molecule is C[C@H](CCO)CNC(=O)Nc1cc(Br)ccc1CO[Si](C)(C)C(C)(C)C. The highest BCUT2D eigenvalue weighted by Gasteiger charge is 2.37. The zero-order valence-corrected chi connectivity index (χ0v) is 19.4. The zero-order chi connectivity index (χ0) is 20.0. The lowest BCUT2D eigenvalue weighted by Crippen LogP contribution is -2.40. The van der Waals surface area contributed by atoms with Crippen LogP contribution in [0.25, 0.3) is 0 Å². The van der Waals surface area contributed by atoms with Crippen molar-refractivity contribution < 1.29 is 14.3 Å². The predicted molar refractivity (Wildman–Crippen MR) is 114 cm³/mol. The third kappa shape index (κ3) is 7.38. The third-order valence-corrected chi connectivity index (χ3v) is 9.92. The van der Waals surface area contributed by atoms with Gasteiger partial charge in [0.1, 0.15) is 0 Å². The maximum absolute atomic E-state index is 12.2. The molecular formula is C19H33BrN2O3Si. The fourth-order valence-electron chi connectivity index (χ4n) is 2.02. The molecule has 0 aliphatic heterocycles. The summed E-state index contributed by atoms with van der Waals surface area (Å²) in [7, 11) is -1.87. The van der Waals surface area contributed by atoms with E-state index in [1.807, 2.05) is 25.1 Å². The first-order chi connectivity index (χ1) is 12.0. The highest BCUT2D eigenvalue weighted by Crippen LogP contribution is 2.37. The molecule has 1 atom stereocenters. The van der Waals surface area contributed by atoms with Crippen molar-refractivity contribution in [2.75, 3.05) is 18.5 Å². The van der Waals surface area contributed by atoms with Gasteiger partial charge in [0.15, 0.2) is 8.32 Å². The van der Waals surface area contributed by atoms with Crippen molar-refractivity contribution in [3.63, 3.8) is 0 Å². The average molecular weight is 445 g/mol. The summed E-state index contributed by atoms with van der Waals surface area (Å²) in [4.78, 5) is 12.2. The largest absolute Gasteiger partial charge is 0.412 e. The number of carbonyl (C=O) groups excluding carboxylic acids is 1. The number of amides is 2. The number of anilines is 1. The molecule has 0 unspecified atom stereocenters. The molecule has 148 valence electrons. The number of aliphatic hydroxyl groups is 1. The molecule has 1 aromatic rings. The van der Waals surface area contributed by atoms with Gasteiger partial charge in [0, 0.05) is 28.9 Å². The van der Waals surface area contributed by atoms with Gasteiger partial charge in [-0.2, -0.15) is 0 Å². The summed E-state index contributed by atoms with van der Waals surface area (Å²) < 4.78 is 7.20. The molecule has 0 radical (unpaired) electrons. The number of hydrogen-bond acceptors (Lipinski definition) is 3. The Morgan fingerprint density at radius 2 is 2.00 bits per heavy atom. The predicted octanol–water partition coefficient (Wildman–Crippen LogP) is 5.11. The van der Waals surface area contributed by atoms with Gasteiger partial charge in [-0.3, -0.25) is 0 Å². The molecule has 0 bridgehead atoms. The van der Waals surface area contributed by atoms with Crippen LogP contribution in [0.2, 0.25) is 18.1 Å². The quantitative estimate of drug-likeness (QED) is 0.487. The Morgan fingerprint density at radius 3 is 2.58 bits per heavy atom. The monoisotopic (exact) mass is 444 g/mol. The molecule has 0 saturated heterocycles. The zero-order valence-electron chi connectivity index (χ0n) is 16.8. The number of carbonyl (C=O) groups is 1. The summed E-state index contributed by atoms with van der Waals surface area (Å²) >= 11 is 3.46. The van der Waals surface area contributed by atoms with E-state index in [2.05, 4.69) is 60.4 Å². The van der Waals surface area contributed by atoms with E-state index < -0.39 is 8.32 Å². The number of aliphatic hydroxyl groups excluding tert-OH is 1. The summed E-state index contributed by atoms with van der Waals surface area (Å²) in [6.07, 6.45) is 0.669. The first-order valence-electron chi connectivity index (χ1n) is 9.04. The van der Waals surface area contributed by atoms with E-state index in [1.54, 1.807) is 0 Å². The molecule has 1 rings (SSSR count). The topological polar surface area (TPSA) is 70.6 Å². The Labute approximate surface area is 167 Å². The summed E-state index contributed by atoms with van der Waals surface area (Å²) in [6.45, 7) is 14.2. The molecule has 0 saturated carbocycles. The Kier molecular flexibility index (Phi) is 8.79. The van der Waals surface area contributed by atoms with E-state index in [0.717, 1.165) is 15.7 Å². The summed E-state index contributed by atoms with van der Waals surface area (Å²) in [5, 5.41) is 14.8. The van der Waals surface area contributed by atoms with Gasteiger partial charge < -0.3 is 20.2 Å². The first-order valence-corrected chi connectivity index (χ1v) is 12.7. The van der Waals surface area contributed by atoms with Crippen molar-refractivity contribution in [3.8, 4) is 0 Å². The maximum atomic E-state index is 12.2. The van der Waals surface area contributed by atoms with Gasteiger partial charge in [0.25, 0.3) is 0 Å². The van der Waals surface area contributed by atoms with Crippen molar-refractivity contribution in [1.82, 2.24) is 5.32 Å². The van der Waals surface area contributed by atoms with Crippen LogP contribution in [0, 0.1) is 5.92 Å². The van der Waals surface area contributed by atoms with Gasteiger partial charge in [0.05, 0.1) is 6.61 Å². The van der Waals surface area contributed by atoms with Gasteiger partial charge in [-0.1, -0.05) is 49.7 Å². The minimum atomic E-state index is -1.87. The molecular weight excluding hydrogens is 412 g/mol. The van der Waals surface area contributed by atoms with Crippen LogP contribution in [0.5, 0.6) is 0 Å². The lowest BCUT2D eigenvalue weighted by Gasteiger charge is -2.36. The number of urea groups is 1. The van der Waals surface area contributed by atoms with Crippen LogP contribution in [-0.4, -0.2) is 32.6 Å². The Balaban J connectivity index is 2.77. The van der Waals surface area contributed by atoms with Crippen molar-refractivity contribution in [2.45, 2.75) is 58.9 Å². The van der Waals surface area contributed by atoms with E-state index in [9.17, 15) is 4.79 Å². The van der Waals surface area contributed by atoms with E-state index in [4.69, 9.17) is 9.53 Å². The van der Waals surface area contributed by atoms with E-state index in [1.165, 1.54) is 0 Å². The Hall–Kier alpha value is -0.893. The van der Waals surface area contributed by atoms with Crippen molar-refractivity contribution in [3.05, 3.63) is 28.2 Å². The number of halogens is 1. The molecule has 3 N–H and O–H groups in total. The first kappa shape index (κ1) is 23.1. The molecule has 0 heterocycles. The molecule has 0 spiro atoms. The Morgan fingerprint density at radius 1 is 1.35 bits per heavy atom. The number of benzene rings is 1. The molecule has 0 fully saturated rings. The second-order valence-electron chi connectivity index (χ2n) is 8.30. The van der Waals surface area contributed by atoms with Crippen molar-refractivity contribution in [1.29, 1.82) is 0 Å². The molecule has 7 heteroatoms. The van der Waals surface area contributed by atoms with Gasteiger partial charge in [-0.05, 0) is 42.6 Å². The molecule has 5 nitrogen and oxygen atoms in total. The molecule has 0 aliphatic rings. The van der Waals surface area contributed by atoms with Crippen LogP contribution in [0.4, 0.5) is 10.5 Å². The summed E-state index contributed by atoms with van der Waals surface area (Å²) in [5.41, 5.74) is 1.70. The van der Waals surface area contributed by atoms with E-state index >= 15 is 0 Å². The molecule has 26 heavy (non-hydrogen) atoms. The fraction of sp³-hybridized carbons (Fsp3) is 0.632. The minimum Gasteiger partial charge on any atom is -0.412 e. The molecule has 0 aliphatic carbocycles. The van der Waals surface area contributed by atoms with Crippen molar-refractivity contribution >= 4 is 36.0 Å². The fourth-order valence-corrected chi connectivity index (χ4v) is 3.33. The second-order valence-corrected chi connectivity index (χ2v) is 14.0. The van der Waals surface area contributed by atoms with Crippen LogP contribution >= 0.6 is 15.9 Å². The lowest BCUT2D eigenvalue weighted by atomic mass is 10.1. The maximum Gasteiger partial charge on any atom is 0.319 e. The normalized spacial score (nSPS) is 13.4. The van der Waals surface area contributed by atoms with Crippen LogP contribution in [0.15, 0.2) is 22.7 Å². The third-order valence-electron chi connectivity index (χ3n) is 4.95. The second kappa shape index (κ2) is 9.87. The van der Waals surface area contributed by atoms with Crippen LogP contribution in [0.1, 0.15) is 39.7 Å². The van der Waals surface area contributed by atoms with E-state index in [-0.39, 0.29) is 23.6 Å². The number of hydrogen-bond donors (Lipinski definition) is 3. The van der Waals surface area contributed by atoms with Crippen LogP contribution in [0.3, 0.4) is 0 Å². The highest BCUT2D eigenvalue weighted by atomic mass is 79.9. The number of rotatable bonds is 8. The average Bonchev–Trinajstić information content (AvgIpc) is 2.51. The molecule has 2 amide bonds. The minimum absolute atomic E-state index is 0.130. The van der Waals surface area contributed by atoms with Crippen molar-refractivity contribution in [2.24, 2.45) is 5.92 Å². The number of nitrogens with one attached hydrogen (secondary N) is 2. The van der Waals surface area contributed by atoms with Gasteiger partial charge in [-0.25, -0.2) is 4.79 Å². The summed E-state index contributed by atoms with van der Waals surface area (Å²) in [5.74, 6) is 0.231. The van der Waals surface area contributed by atoms with Gasteiger partial charge >= 0.3 is 6.03 Å². The van der Waals surface area contributed by atoms with Crippen LogP contribution < -0.4 is 10.6 Å². The smallest absolute Gasteiger partial charge is 0.319 e. The Bertz CT molecular complexity index is 603. The highest BCUT2D eigenvalue weighted by molar-refractivity contribution is 9.10. The summed E-state index contributed by atoms with van der Waals surface area (Å²) in [6, 6.07) is 5.57. The van der Waals surface area contributed by atoms with Crippen LogP contribution in [-0.2, 0) is 11.0 Å².